The lowest BCUT2D eigenvalue weighted by molar-refractivity contribution is 0.225. The lowest BCUT2D eigenvalue weighted by atomic mass is 10.2. The summed E-state index contributed by atoms with van der Waals surface area (Å²) >= 11 is 5.99. The quantitative estimate of drug-likeness (QED) is 0.629. The third-order valence-corrected chi connectivity index (χ3v) is 6.70. The van der Waals surface area contributed by atoms with Crippen molar-refractivity contribution in [2.24, 2.45) is 7.05 Å². The number of hydrogen-bond donors (Lipinski definition) is 0. The fourth-order valence-electron chi connectivity index (χ4n) is 3.25. The Kier molecular flexibility index (Phi) is 4.79. The largest absolute Gasteiger partial charge is 0.339 e. The van der Waals surface area contributed by atoms with Gasteiger partial charge in [0.1, 0.15) is 11.5 Å². The Labute approximate surface area is 172 Å². The summed E-state index contributed by atoms with van der Waals surface area (Å²) in [5, 5.41) is 4.30. The van der Waals surface area contributed by atoms with Crippen molar-refractivity contribution in [2.75, 3.05) is 4.90 Å². The minimum atomic E-state index is -4.16. The van der Waals surface area contributed by atoms with Gasteiger partial charge >= 0.3 is 6.03 Å². The lowest BCUT2D eigenvalue weighted by Crippen LogP contribution is -2.50. The van der Waals surface area contributed by atoms with Gasteiger partial charge in [0.15, 0.2) is 5.03 Å². The van der Waals surface area contributed by atoms with Crippen LogP contribution in [0.15, 0.2) is 59.8 Å². The monoisotopic (exact) mass is 434 g/mol. The number of aromatic nitrogens is 2. The van der Waals surface area contributed by atoms with E-state index in [9.17, 15) is 17.6 Å². The molecule has 2 amide bonds. The Morgan fingerprint density at radius 1 is 1.10 bits per heavy atom. The van der Waals surface area contributed by atoms with Crippen LogP contribution in [-0.2, 0) is 30.2 Å². The Bertz CT molecular complexity index is 1210. The van der Waals surface area contributed by atoms with Gasteiger partial charge in [0, 0.05) is 17.6 Å². The van der Waals surface area contributed by atoms with Crippen molar-refractivity contribution in [3.8, 4) is 0 Å². The molecule has 0 bridgehead atoms. The maximum atomic E-state index is 14.2. The molecule has 1 aliphatic heterocycles. The minimum Gasteiger partial charge on any atom is -0.284 e. The zero-order valence-electron chi connectivity index (χ0n) is 15.3. The highest BCUT2D eigenvalue weighted by atomic mass is 35.5. The number of benzene rings is 2. The molecule has 150 valence electrons. The van der Waals surface area contributed by atoms with E-state index in [0.29, 0.717) is 10.6 Å². The van der Waals surface area contributed by atoms with Gasteiger partial charge in [-0.1, -0.05) is 41.9 Å². The van der Waals surface area contributed by atoms with Crippen LogP contribution >= 0.6 is 11.6 Å². The first-order valence-corrected chi connectivity index (χ1v) is 10.4. The Morgan fingerprint density at radius 2 is 1.86 bits per heavy atom. The van der Waals surface area contributed by atoms with Crippen LogP contribution in [0.2, 0.25) is 5.02 Å². The van der Waals surface area contributed by atoms with Crippen LogP contribution in [0.5, 0.6) is 0 Å². The fraction of sp³-hybridized carbons (Fsp3) is 0.158. The molecule has 0 fully saturated rings. The zero-order chi connectivity index (χ0) is 20.8. The number of carbonyl (C=O) groups is 1. The molecule has 0 N–H and O–H groups in total. The van der Waals surface area contributed by atoms with Gasteiger partial charge in [-0.25, -0.2) is 13.5 Å². The van der Waals surface area contributed by atoms with Crippen LogP contribution < -0.4 is 4.90 Å². The fourth-order valence-corrected chi connectivity index (χ4v) is 5.10. The zero-order valence-corrected chi connectivity index (χ0v) is 16.9. The van der Waals surface area contributed by atoms with E-state index in [2.05, 4.69) is 5.10 Å². The molecule has 3 aromatic rings. The summed E-state index contributed by atoms with van der Waals surface area (Å²) in [7, 11) is -2.68. The molecule has 2 heterocycles. The van der Waals surface area contributed by atoms with Gasteiger partial charge < -0.3 is 0 Å². The summed E-state index contributed by atoms with van der Waals surface area (Å²) in [5.74, 6) is -0.486. The number of anilines is 1. The topological polar surface area (TPSA) is 75.5 Å². The number of hydrogen-bond acceptors (Lipinski definition) is 4. The van der Waals surface area contributed by atoms with E-state index in [4.69, 9.17) is 11.6 Å². The van der Waals surface area contributed by atoms with Crippen molar-refractivity contribution in [1.82, 2.24) is 14.1 Å². The summed E-state index contributed by atoms with van der Waals surface area (Å²) in [6.45, 7) is -0.341. The molecule has 0 atom stereocenters. The number of rotatable bonds is 4. The maximum absolute atomic E-state index is 14.2. The summed E-state index contributed by atoms with van der Waals surface area (Å²) in [4.78, 5) is 14.4. The average Bonchev–Trinajstić information content (AvgIpc) is 3.06. The molecule has 1 aliphatic rings. The van der Waals surface area contributed by atoms with Gasteiger partial charge in [0.25, 0.3) is 10.0 Å². The molecule has 0 radical (unpaired) electrons. The molecule has 0 aliphatic carbocycles. The average molecular weight is 435 g/mol. The Hall–Kier alpha value is -2.91. The Morgan fingerprint density at radius 3 is 2.59 bits per heavy atom. The molecule has 1 aromatic heterocycles. The van der Waals surface area contributed by atoms with E-state index in [0.717, 1.165) is 4.31 Å². The third kappa shape index (κ3) is 3.36. The highest BCUT2D eigenvalue weighted by Gasteiger charge is 2.44. The van der Waals surface area contributed by atoms with Crippen molar-refractivity contribution in [3.05, 3.63) is 76.7 Å². The number of sulfonamides is 1. The molecule has 29 heavy (non-hydrogen) atoms. The van der Waals surface area contributed by atoms with E-state index in [-0.39, 0.29) is 29.4 Å². The number of fused-ring (bicyclic) bond motifs is 1. The summed E-state index contributed by atoms with van der Waals surface area (Å²) in [6, 6.07) is 11.8. The van der Waals surface area contributed by atoms with E-state index in [1.165, 1.54) is 28.9 Å². The predicted octanol–water partition coefficient (Wildman–Crippen LogP) is 3.54. The number of nitrogens with zero attached hydrogens (tertiary/aromatic N) is 4. The van der Waals surface area contributed by atoms with Gasteiger partial charge in [-0.05, 0) is 23.8 Å². The van der Waals surface area contributed by atoms with E-state index >= 15 is 0 Å². The first-order valence-electron chi connectivity index (χ1n) is 8.63. The van der Waals surface area contributed by atoms with Gasteiger partial charge in [0.2, 0.25) is 0 Å². The number of carbonyl (C=O) groups excluding carboxylic acids is 1. The van der Waals surface area contributed by atoms with E-state index in [1.807, 2.05) is 0 Å². The highest BCUT2D eigenvalue weighted by Crippen LogP contribution is 2.36. The second-order valence-corrected chi connectivity index (χ2v) is 8.77. The van der Waals surface area contributed by atoms with E-state index < -0.39 is 21.9 Å². The molecule has 0 saturated carbocycles. The summed E-state index contributed by atoms with van der Waals surface area (Å²) < 4.78 is 42.5. The SMILES string of the molecule is Cn1ncc2c1S(=O)(=O)N(Cc1cccc(Cl)c1)C(=O)N2Cc1ccccc1F. The third-order valence-electron chi connectivity index (χ3n) is 4.64. The second-order valence-electron chi connectivity index (χ2n) is 6.56. The number of urea groups is 1. The standard InChI is InChI=1S/C19H16ClFN4O3S/c1-23-18-17(10-22-23)24(12-14-6-2-3-8-16(14)21)19(26)25(29(18,27)28)11-13-5-4-7-15(20)9-13/h2-10H,11-12H2,1H3. The van der Waals surface area contributed by atoms with Gasteiger partial charge in [0.05, 0.1) is 19.3 Å². The van der Waals surface area contributed by atoms with Crippen LogP contribution in [0.25, 0.3) is 0 Å². The first kappa shape index (κ1) is 19.4. The minimum absolute atomic E-state index is 0.114. The molecular weight excluding hydrogens is 419 g/mol. The second kappa shape index (κ2) is 7.16. The van der Waals surface area contributed by atoms with Crippen LogP contribution in [0.1, 0.15) is 11.1 Å². The molecule has 0 saturated heterocycles. The van der Waals surface area contributed by atoms with Crippen LogP contribution in [0.3, 0.4) is 0 Å². The van der Waals surface area contributed by atoms with Gasteiger partial charge in [-0.15, -0.1) is 0 Å². The number of aryl methyl sites for hydroxylation is 1. The van der Waals surface area contributed by atoms with Crippen molar-refractivity contribution in [2.45, 2.75) is 18.1 Å². The Balaban J connectivity index is 1.80. The molecular formula is C19H16ClFN4O3S. The van der Waals surface area contributed by atoms with Crippen molar-refractivity contribution in [3.63, 3.8) is 0 Å². The van der Waals surface area contributed by atoms with Crippen LogP contribution in [-0.4, -0.2) is 28.5 Å². The molecule has 0 spiro atoms. The molecule has 7 nitrogen and oxygen atoms in total. The lowest BCUT2D eigenvalue weighted by Gasteiger charge is -2.34. The van der Waals surface area contributed by atoms with Gasteiger partial charge in [-0.3, -0.25) is 9.58 Å². The van der Waals surface area contributed by atoms with E-state index in [1.54, 1.807) is 42.5 Å². The smallest absolute Gasteiger partial charge is 0.284 e. The number of amides is 2. The molecule has 10 heteroatoms. The molecule has 4 rings (SSSR count). The maximum Gasteiger partial charge on any atom is 0.339 e. The van der Waals surface area contributed by atoms with Crippen molar-refractivity contribution < 1.29 is 17.6 Å². The highest BCUT2D eigenvalue weighted by molar-refractivity contribution is 7.89. The predicted molar refractivity (Wildman–Crippen MR) is 105 cm³/mol. The summed E-state index contributed by atoms with van der Waals surface area (Å²) in [5.41, 5.74) is 0.923. The van der Waals surface area contributed by atoms with Crippen LogP contribution in [0.4, 0.5) is 14.9 Å². The molecule has 0 unspecified atom stereocenters. The summed E-state index contributed by atoms with van der Waals surface area (Å²) in [6.07, 6.45) is 1.29. The number of halogens is 2. The van der Waals surface area contributed by atoms with Crippen molar-refractivity contribution >= 4 is 33.3 Å². The van der Waals surface area contributed by atoms with Crippen LogP contribution in [0, 0.1) is 5.82 Å². The normalized spacial score (nSPS) is 15.5. The first-order chi connectivity index (χ1) is 13.8. The van der Waals surface area contributed by atoms with Crippen molar-refractivity contribution in [1.29, 1.82) is 0 Å². The molecule has 2 aromatic carbocycles. The van der Waals surface area contributed by atoms with Gasteiger partial charge in [-0.2, -0.15) is 13.5 Å².